The van der Waals surface area contributed by atoms with E-state index in [-0.39, 0.29) is 0 Å². The van der Waals surface area contributed by atoms with E-state index in [2.05, 4.69) is 40.6 Å². The van der Waals surface area contributed by atoms with Crippen LogP contribution in [0.25, 0.3) is 0 Å². The smallest absolute Gasteiger partial charge is 0.0174 e. The molecule has 0 fully saturated rings. The molecule has 2 atom stereocenters. The molecule has 0 saturated carbocycles. The molecule has 3 rings (SSSR count). The van der Waals surface area contributed by atoms with Crippen LogP contribution in [-0.2, 0) is 12.8 Å². The Labute approximate surface area is 117 Å². The molecule has 2 aromatic heterocycles. The van der Waals surface area contributed by atoms with E-state index in [0.29, 0.717) is 12.0 Å². The maximum atomic E-state index is 3.55. The van der Waals surface area contributed by atoms with Gasteiger partial charge in [-0.15, -0.1) is 11.3 Å². The third kappa shape index (κ3) is 2.40. The summed E-state index contributed by atoms with van der Waals surface area (Å²) >= 11 is 3.74. The van der Waals surface area contributed by atoms with Crippen molar-refractivity contribution < 1.29 is 0 Å². The van der Waals surface area contributed by atoms with E-state index in [1.165, 1.54) is 24.8 Å². The standard InChI is InChI=1S/C15H19NS2/c1-16-14(9-11-5-7-17-10-11)12-3-2-4-15-13(12)6-8-18-15/h5-8,10,12,14,16H,2-4,9H2,1H3. The van der Waals surface area contributed by atoms with E-state index < -0.39 is 0 Å². The van der Waals surface area contributed by atoms with Crippen LogP contribution in [0.3, 0.4) is 0 Å². The second-order valence-electron chi connectivity index (χ2n) is 5.03. The molecule has 18 heavy (non-hydrogen) atoms. The summed E-state index contributed by atoms with van der Waals surface area (Å²) in [4.78, 5) is 1.62. The molecule has 2 aromatic rings. The average molecular weight is 277 g/mol. The van der Waals surface area contributed by atoms with Crippen molar-refractivity contribution in [3.8, 4) is 0 Å². The van der Waals surface area contributed by atoms with E-state index in [0.717, 1.165) is 6.42 Å². The van der Waals surface area contributed by atoms with Gasteiger partial charge in [0.15, 0.2) is 0 Å². The van der Waals surface area contributed by atoms with Gasteiger partial charge in [-0.25, -0.2) is 0 Å². The molecule has 3 heteroatoms. The summed E-state index contributed by atoms with van der Waals surface area (Å²) in [6, 6.07) is 5.18. The molecule has 1 aliphatic rings. The van der Waals surface area contributed by atoms with E-state index in [1.807, 2.05) is 11.3 Å². The Morgan fingerprint density at radius 3 is 3.11 bits per heavy atom. The molecule has 0 spiro atoms. The quantitative estimate of drug-likeness (QED) is 0.888. The van der Waals surface area contributed by atoms with E-state index in [1.54, 1.807) is 21.8 Å². The number of likely N-dealkylation sites (N-methyl/N-ethyl adjacent to an activating group) is 1. The highest BCUT2D eigenvalue weighted by atomic mass is 32.1. The van der Waals surface area contributed by atoms with Gasteiger partial charge in [0.25, 0.3) is 0 Å². The Bertz CT molecular complexity index is 486. The Kier molecular flexibility index (Phi) is 3.83. The summed E-state index contributed by atoms with van der Waals surface area (Å²) in [6.07, 6.45) is 5.12. The molecule has 2 heterocycles. The van der Waals surface area contributed by atoms with Crippen LogP contribution in [0, 0.1) is 0 Å². The van der Waals surface area contributed by atoms with Gasteiger partial charge in [-0.2, -0.15) is 11.3 Å². The van der Waals surface area contributed by atoms with Crippen molar-refractivity contribution in [3.05, 3.63) is 44.3 Å². The number of aryl methyl sites for hydroxylation is 1. The summed E-state index contributed by atoms with van der Waals surface area (Å²) in [7, 11) is 2.11. The molecule has 1 N–H and O–H groups in total. The number of thiophene rings is 2. The minimum atomic E-state index is 0.577. The van der Waals surface area contributed by atoms with Crippen LogP contribution in [-0.4, -0.2) is 13.1 Å². The number of fused-ring (bicyclic) bond motifs is 1. The van der Waals surface area contributed by atoms with Crippen LogP contribution in [0.4, 0.5) is 0 Å². The van der Waals surface area contributed by atoms with Crippen molar-refractivity contribution in [1.82, 2.24) is 5.32 Å². The van der Waals surface area contributed by atoms with Crippen molar-refractivity contribution in [2.24, 2.45) is 0 Å². The zero-order chi connectivity index (χ0) is 12.4. The van der Waals surface area contributed by atoms with Gasteiger partial charge < -0.3 is 5.32 Å². The molecular weight excluding hydrogens is 258 g/mol. The van der Waals surface area contributed by atoms with Gasteiger partial charge in [-0.3, -0.25) is 0 Å². The molecule has 0 aliphatic heterocycles. The van der Waals surface area contributed by atoms with Crippen molar-refractivity contribution in [1.29, 1.82) is 0 Å². The zero-order valence-corrected chi connectivity index (χ0v) is 12.3. The van der Waals surface area contributed by atoms with Gasteiger partial charge in [0.05, 0.1) is 0 Å². The second-order valence-corrected chi connectivity index (χ2v) is 6.81. The Morgan fingerprint density at radius 2 is 2.33 bits per heavy atom. The monoisotopic (exact) mass is 277 g/mol. The van der Waals surface area contributed by atoms with Crippen LogP contribution in [0.15, 0.2) is 28.3 Å². The Balaban J connectivity index is 1.81. The third-order valence-electron chi connectivity index (χ3n) is 3.99. The lowest BCUT2D eigenvalue weighted by atomic mass is 9.80. The number of rotatable bonds is 4. The fourth-order valence-electron chi connectivity index (χ4n) is 3.05. The molecule has 0 saturated heterocycles. The molecule has 0 radical (unpaired) electrons. The first-order valence-electron chi connectivity index (χ1n) is 6.63. The topological polar surface area (TPSA) is 12.0 Å². The minimum absolute atomic E-state index is 0.577. The molecule has 96 valence electrons. The molecule has 0 amide bonds. The maximum absolute atomic E-state index is 3.55. The fourth-order valence-corrected chi connectivity index (χ4v) is 4.73. The summed E-state index contributed by atoms with van der Waals surface area (Å²) in [6.45, 7) is 0. The molecular formula is C15H19NS2. The Hall–Kier alpha value is -0.640. The lowest BCUT2D eigenvalue weighted by Crippen LogP contribution is -2.35. The maximum Gasteiger partial charge on any atom is 0.0174 e. The van der Waals surface area contributed by atoms with E-state index in [9.17, 15) is 0 Å². The average Bonchev–Trinajstić information content (AvgIpc) is 3.06. The lowest BCUT2D eigenvalue weighted by molar-refractivity contribution is 0.414. The molecule has 1 nitrogen and oxygen atoms in total. The normalized spacial score (nSPS) is 20.6. The zero-order valence-electron chi connectivity index (χ0n) is 10.7. The third-order valence-corrected chi connectivity index (χ3v) is 5.72. The first kappa shape index (κ1) is 12.4. The van der Waals surface area contributed by atoms with Gasteiger partial charge >= 0.3 is 0 Å². The molecule has 1 aliphatic carbocycles. The molecule has 0 bridgehead atoms. The summed E-state index contributed by atoms with van der Waals surface area (Å²) in [5, 5.41) is 10.3. The highest BCUT2D eigenvalue weighted by Crippen LogP contribution is 2.37. The largest absolute Gasteiger partial charge is 0.316 e. The number of hydrogen-bond acceptors (Lipinski definition) is 3. The summed E-state index contributed by atoms with van der Waals surface area (Å²) in [5.74, 6) is 0.699. The van der Waals surface area contributed by atoms with Crippen LogP contribution in [0.5, 0.6) is 0 Å². The van der Waals surface area contributed by atoms with Crippen molar-refractivity contribution in [2.45, 2.75) is 37.6 Å². The van der Waals surface area contributed by atoms with Crippen LogP contribution in [0.1, 0.15) is 34.8 Å². The van der Waals surface area contributed by atoms with E-state index in [4.69, 9.17) is 0 Å². The number of nitrogens with one attached hydrogen (secondary N) is 1. The Morgan fingerprint density at radius 1 is 1.39 bits per heavy atom. The highest BCUT2D eigenvalue weighted by Gasteiger charge is 2.27. The number of hydrogen-bond donors (Lipinski definition) is 1. The van der Waals surface area contributed by atoms with Gasteiger partial charge in [0.2, 0.25) is 0 Å². The van der Waals surface area contributed by atoms with Crippen molar-refractivity contribution >= 4 is 22.7 Å². The van der Waals surface area contributed by atoms with E-state index >= 15 is 0 Å². The predicted molar refractivity (Wildman–Crippen MR) is 80.9 cm³/mol. The summed E-state index contributed by atoms with van der Waals surface area (Å²) in [5.41, 5.74) is 3.09. The minimum Gasteiger partial charge on any atom is -0.316 e. The second kappa shape index (κ2) is 5.55. The van der Waals surface area contributed by atoms with Gasteiger partial charge in [-0.05, 0) is 72.1 Å². The van der Waals surface area contributed by atoms with Crippen LogP contribution >= 0.6 is 22.7 Å². The molecule has 2 unspecified atom stereocenters. The first-order valence-corrected chi connectivity index (χ1v) is 8.45. The SMILES string of the molecule is CNC(Cc1ccsc1)C1CCCc2sccc21. The van der Waals surface area contributed by atoms with Crippen LogP contribution < -0.4 is 5.32 Å². The van der Waals surface area contributed by atoms with Gasteiger partial charge in [-0.1, -0.05) is 0 Å². The van der Waals surface area contributed by atoms with Crippen molar-refractivity contribution in [2.75, 3.05) is 7.05 Å². The fraction of sp³-hybridized carbons (Fsp3) is 0.467. The summed E-state index contributed by atoms with van der Waals surface area (Å²) < 4.78 is 0. The lowest BCUT2D eigenvalue weighted by Gasteiger charge is -2.30. The van der Waals surface area contributed by atoms with Gasteiger partial charge in [0.1, 0.15) is 0 Å². The molecule has 0 aromatic carbocycles. The van der Waals surface area contributed by atoms with Crippen molar-refractivity contribution in [3.63, 3.8) is 0 Å². The highest BCUT2D eigenvalue weighted by molar-refractivity contribution is 7.10. The van der Waals surface area contributed by atoms with Crippen LogP contribution in [0.2, 0.25) is 0 Å². The van der Waals surface area contributed by atoms with Gasteiger partial charge in [0, 0.05) is 16.8 Å². The predicted octanol–water partition coefficient (Wildman–Crippen LogP) is 4.06. The first-order chi connectivity index (χ1) is 8.88.